The van der Waals surface area contributed by atoms with Gasteiger partial charge in [0, 0.05) is 31.9 Å². The normalized spacial score (nSPS) is 12.2. The molecule has 1 atom stereocenters. The molecule has 7 heteroatoms. The van der Waals surface area contributed by atoms with Crippen molar-refractivity contribution in [2.45, 2.75) is 19.5 Å². The van der Waals surface area contributed by atoms with Gasteiger partial charge in [0.1, 0.15) is 6.04 Å². The number of nitrogens with zero attached hydrogens (tertiary/aromatic N) is 4. The molecular weight excluding hydrogens is 262 g/mol. The second-order valence-electron chi connectivity index (χ2n) is 4.40. The molecule has 19 heavy (non-hydrogen) atoms. The first-order valence-corrected chi connectivity index (χ1v) is 6.84. The summed E-state index contributed by atoms with van der Waals surface area (Å²) in [7, 11) is 3.89. The summed E-state index contributed by atoms with van der Waals surface area (Å²) in [5, 5.41) is 9.81. The Morgan fingerprint density at radius 3 is 2.95 bits per heavy atom. The second kappa shape index (κ2) is 5.83. The Morgan fingerprint density at radius 2 is 2.37 bits per heavy atom. The van der Waals surface area contributed by atoms with Gasteiger partial charge in [0.15, 0.2) is 5.13 Å². The minimum absolute atomic E-state index is 0.0666. The summed E-state index contributed by atoms with van der Waals surface area (Å²) in [6, 6.07) is 1.48. The van der Waals surface area contributed by atoms with Crippen molar-refractivity contribution in [3.63, 3.8) is 0 Å². The molecule has 0 aliphatic carbocycles. The zero-order chi connectivity index (χ0) is 13.8. The molecule has 1 N–H and O–H groups in total. The third-order valence-corrected chi connectivity index (χ3v) is 3.72. The van der Waals surface area contributed by atoms with Gasteiger partial charge in [-0.1, -0.05) is 0 Å². The van der Waals surface area contributed by atoms with Gasteiger partial charge < -0.3 is 10.2 Å². The number of hydrogen-bond donors (Lipinski definition) is 1. The number of anilines is 1. The van der Waals surface area contributed by atoms with Crippen LogP contribution in [0.25, 0.3) is 0 Å². The monoisotopic (exact) mass is 279 g/mol. The van der Waals surface area contributed by atoms with Gasteiger partial charge in [0.25, 0.3) is 0 Å². The predicted octanol–water partition coefficient (Wildman–Crippen LogP) is 1.28. The SMILES string of the molecule is C[C@H](C(=O)NCc1csc(N(C)C)n1)n1cccn1. The summed E-state index contributed by atoms with van der Waals surface area (Å²) < 4.78 is 1.63. The van der Waals surface area contributed by atoms with Crippen LogP contribution < -0.4 is 10.2 Å². The predicted molar refractivity (Wildman–Crippen MR) is 75.2 cm³/mol. The highest BCUT2D eigenvalue weighted by Gasteiger charge is 2.15. The fourth-order valence-electron chi connectivity index (χ4n) is 1.54. The van der Waals surface area contributed by atoms with E-state index in [1.165, 1.54) is 0 Å². The zero-order valence-corrected chi connectivity index (χ0v) is 12.0. The molecule has 0 saturated heterocycles. The van der Waals surface area contributed by atoms with Crippen LogP contribution >= 0.6 is 11.3 Å². The minimum atomic E-state index is -0.318. The molecule has 0 saturated carbocycles. The number of nitrogens with one attached hydrogen (secondary N) is 1. The van der Waals surface area contributed by atoms with E-state index in [1.54, 1.807) is 34.5 Å². The molecule has 0 aliphatic rings. The number of hydrogen-bond acceptors (Lipinski definition) is 5. The molecule has 2 heterocycles. The fraction of sp³-hybridized carbons (Fsp3) is 0.417. The maximum absolute atomic E-state index is 11.9. The van der Waals surface area contributed by atoms with Gasteiger partial charge in [-0.05, 0) is 13.0 Å². The Morgan fingerprint density at radius 1 is 1.58 bits per heavy atom. The molecule has 0 unspecified atom stereocenters. The van der Waals surface area contributed by atoms with E-state index in [0.717, 1.165) is 10.8 Å². The Labute approximate surface area is 116 Å². The van der Waals surface area contributed by atoms with Crippen molar-refractivity contribution in [3.05, 3.63) is 29.5 Å². The smallest absolute Gasteiger partial charge is 0.244 e. The lowest BCUT2D eigenvalue weighted by molar-refractivity contribution is -0.124. The highest BCUT2D eigenvalue weighted by atomic mass is 32.1. The van der Waals surface area contributed by atoms with E-state index < -0.39 is 0 Å². The quantitative estimate of drug-likeness (QED) is 0.895. The minimum Gasteiger partial charge on any atom is -0.354 e. The Hall–Kier alpha value is -1.89. The van der Waals surface area contributed by atoms with Gasteiger partial charge in [-0.25, -0.2) is 4.98 Å². The Bertz CT molecular complexity index is 534. The molecule has 1 amide bonds. The van der Waals surface area contributed by atoms with E-state index in [1.807, 2.05) is 31.3 Å². The Kier molecular flexibility index (Phi) is 4.16. The van der Waals surface area contributed by atoms with E-state index in [9.17, 15) is 4.79 Å². The summed E-state index contributed by atoms with van der Waals surface area (Å²) in [6.45, 7) is 2.25. The van der Waals surface area contributed by atoms with Gasteiger partial charge in [-0.3, -0.25) is 9.48 Å². The maximum atomic E-state index is 11.9. The van der Waals surface area contributed by atoms with E-state index in [-0.39, 0.29) is 11.9 Å². The number of carbonyl (C=O) groups excluding carboxylic acids is 1. The van der Waals surface area contributed by atoms with E-state index in [0.29, 0.717) is 6.54 Å². The van der Waals surface area contributed by atoms with Crippen LogP contribution in [0, 0.1) is 0 Å². The number of rotatable bonds is 5. The molecule has 0 aliphatic heterocycles. The van der Waals surface area contributed by atoms with Crippen LogP contribution in [0.2, 0.25) is 0 Å². The summed E-state index contributed by atoms with van der Waals surface area (Å²) in [6.07, 6.45) is 3.44. The highest BCUT2D eigenvalue weighted by Crippen LogP contribution is 2.17. The molecule has 0 spiro atoms. The topological polar surface area (TPSA) is 63.1 Å². The first-order chi connectivity index (χ1) is 9.08. The molecule has 102 valence electrons. The van der Waals surface area contributed by atoms with E-state index in [2.05, 4.69) is 15.4 Å². The zero-order valence-electron chi connectivity index (χ0n) is 11.2. The van der Waals surface area contributed by atoms with E-state index in [4.69, 9.17) is 0 Å². The third-order valence-electron chi connectivity index (χ3n) is 2.67. The lowest BCUT2D eigenvalue weighted by atomic mass is 10.3. The summed E-state index contributed by atoms with van der Waals surface area (Å²) in [5.74, 6) is -0.0666. The van der Waals surface area contributed by atoms with Gasteiger partial charge >= 0.3 is 0 Å². The summed E-state index contributed by atoms with van der Waals surface area (Å²) in [4.78, 5) is 18.3. The van der Waals surface area contributed by atoms with Gasteiger partial charge in [0.05, 0.1) is 12.2 Å². The molecule has 2 aromatic rings. The highest BCUT2D eigenvalue weighted by molar-refractivity contribution is 7.13. The number of carbonyl (C=O) groups is 1. The maximum Gasteiger partial charge on any atom is 0.244 e. The van der Waals surface area contributed by atoms with Gasteiger partial charge in [-0.2, -0.15) is 5.10 Å². The van der Waals surface area contributed by atoms with Crippen molar-refractivity contribution in [1.82, 2.24) is 20.1 Å². The number of thiazole rings is 1. The summed E-state index contributed by atoms with van der Waals surface area (Å²) >= 11 is 1.56. The van der Waals surface area contributed by atoms with Crippen LogP contribution in [-0.2, 0) is 11.3 Å². The van der Waals surface area contributed by atoms with Gasteiger partial charge in [0.2, 0.25) is 5.91 Å². The van der Waals surface area contributed by atoms with Crippen LogP contribution in [0.1, 0.15) is 18.7 Å². The average Bonchev–Trinajstić information content (AvgIpc) is 3.05. The molecule has 0 radical (unpaired) electrons. The lowest BCUT2D eigenvalue weighted by Crippen LogP contribution is -2.30. The third kappa shape index (κ3) is 3.31. The van der Waals surface area contributed by atoms with E-state index >= 15 is 0 Å². The molecule has 2 rings (SSSR count). The number of aromatic nitrogens is 3. The van der Waals surface area contributed by atoms with Crippen molar-refractivity contribution >= 4 is 22.4 Å². The van der Waals surface area contributed by atoms with Gasteiger partial charge in [-0.15, -0.1) is 11.3 Å². The van der Waals surface area contributed by atoms with Crippen LogP contribution in [0.15, 0.2) is 23.8 Å². The van der Waals surface area contributed by atoms with Crippen LogP contribution in [-0.4, -0.2) is 34.8 Å². The lowest BCUT2D eigenvalue weighted by Gasteiger charge is -2.11. The van der Waals surface area contributed by atoms with Crippen molar-refractivity contribution in [3.8, 4) is 0 Å². The molecule has 2 aromatic heterocycles. The molecular formula is C12H17N5OS. The van der Waals surface area contributed by atoms with Crippen molar-refractivity contribution in [2.24, 2.45) is 0 Å². The molecule has 0 aromatic carbocycles. The standard InChI is InChI=1S/C12H17N5OS/c1-9(17-6-4-5-14-17)11(18)13-7-10-8-19-12(15-10)16(2)3/h4-6,8-9H,7H2,1-3H3,(H,13,18)/t9-/m1/s1. The van der Waals surface area contributed by atoms with Crippen molar-refractivity contribution in [1.29, 1.82) is 0 Å². The van der Waals surface area contributed by atoms with Crippen molar-refractivity contribution < 1.29 is 4.79 Å². The first-order valence-electron chi connectivity index (χ1n) is 5.96. The molecule has 0 fully saturated rings. The van der Waals surface area contributed by atoms with Crippen LogP contribution in [0.4, 0.5) is 5.13 Å². The van der Waals surface area contributed by atoms with Crippen LogP contribution in [0.3, 0.4) is 0 Å². The Balaban J connectivity index is 1.89. The largest absolute Gasteiger partial charge is 0.354 e. The molecule has 6 nitrogen and oxygen atoms in total. The second-order valence-corrected chi connectivity index (χ2v) is 5.23. The van der Waals surface area contributed by atoms with Crippen LogP contribution in [0.5, 0.6) is 0 Å². The van der Waals surface area contributed by atoms with Crippen molar-refractivity contribution in [2.75, 3.05) is 19.0 Å². The number of amides is 1. The average molecular weight is 279 g/mol. The summed E-state index contributed by atoms with van der Waals surface area (Å²) in [5.41, 5.74) is 0.870. The fourth-order valence-corrected chi connectivity index (χ4v) is 2.30. The first kappa shape index (κ1) is 13.5. The molecule has 0 bridgehead atoms.